The number of nitrogens with one attached hydrogen (secondary N) is 1. The van der Waals surface area contributed by atoms with Crippen LogP contribution in [-0.2, 0) is 45.8 Å². The minimum Gasteiger partial charge on any atom is -0.496 e. The first-order chi connectivity index (χ1) is 28.6. The fourth-order valence-corrected chi connectivity index (χ4v) is 14.0. The maximum Gasteiger partial charge on any atom is 0.344 e. The van der Waals surface area contributed by atoms with Crippen molar-refractivity contribution in [3.8, 4) is 5.75 Å². The zero-order chi connectivity index (χ0) is 42.7. The van der Waals surface area contributed by atoms with E-state index in [4.69, 9.17) is 18.9 Å². The topological polar surface area (TPSA) is 154 Å². The van der Waals surface area contributed by atoms with Crippen LogP contribution in [0.5, 0.6) is 5.75 Å². The average molecular weight is 937 g/mol. The van der Waals surface area contributed by atoms with E-state index >= 15 is 4.79 Å². The van der Waals surface area contributed by atoms with E-state index in [0.717, 1.165) is 37.0 Å². The van der Waals surface area contributed by atoms with Gasteiger partial charge in [-0.3, -0.25) is 19.4 Å². The lowest BCUT2D eigenvalue weighted by Gasteiger charge is -2.63. The second-order valence-electron chi connectivity index (χ2n) is 18.3. The van der Waals surface area contributed by atoms with Gasteiger partial charge in [0.15, 0.2) is 6.10 Å². The maximum absolute atomic E-state index is 15.4. The van der Waals surface area contributed by atoms with E-state index in [-0.39, 0.29) is 12.0 Å². The highest BCUT2D eigenvalue weighted by atomic mass is 127. The summed E-state index contributed by atoms with van der Waals surface area (Å²) in [4.78, 5) is 53.3. The Morgan fingerprint density at radius 1 is 0.967 bits per heavy atom. The molecule has 1 spiro atoms. The summed E-state index contributed by atoms with van der Waals surface area (Å²) in [7, 11) is 6.16. The molecule has 1 unspecified atom stereocenters. The van der Waals surface area contributed by atoms with Crippen LogP contribution in [-0.4, -0.2) is 133 Å². The van der Waals surface area contributed by atoms with Gasteiger partial charge in [0.2, 0.25) is 5.60 Å². The van der Waals surface area contributed by atoms with Crippen molar-refractivity contribution in [2.75, 3.05) is 66.0 Å². The van der Waals surface area contributed by atoms with Gasteiger partial charge in [0.05, 0.1) is 33.0 Å². The molecular formula is C46H57IN4O9. The van der Waals surface area contributed by atoms with Crippen LogP contribution in [0.4, 0.5) is 5.69 Å². The number of aromatic amines is 1. The van der Waals surface area contributed by atoms with Gasteiger partial charge in [0.1, 0.15) is 11.2 Å². The monoisotopic (exact) mass is 936 g/mol. The molecule has 2 aromatic carbocycles. The number of halogens is 1. The number of nitrogens with zero attached hydrogens (tertiary/aromatic N) is 3. The minimum absolute atomic E-state index is 0.103. The third-order valence-corrected chi connectivity index (χ3v) is 16.3. The summed E-state index contributed by atoms with van der Waals surface area (Å²) >= 11 is 2.33. The van der Waals surface area contributed by atoms with Gasteiger partial charge in [0, 0.05) is 94.5 Å². The Labute approximate surface area is 364 Å². The molecule has 3 aromatic rings. The van der Waals surface area contributed by atoms with Crippen molar-refractivity contribution >= 4 is 57.1 Å². The predicted octanol–water partition coefficient (Wildman–Crippen LogP) is 4.60. The van der Waals surface area contributed by atoms with Crippen molar-refractivity contribution in [2.45, 2.75) is 99.5 Å². The molecule has 3 fully saturated rings. The van der Waals surface area contributed by atoms with E-state index in [2.05, 4.69) is 73.8 Å². The van der Waals surface area contributed by atoms with E-state index < -0.39 is 57.5 Å². The Balaban J connectivity index is 1.37. The van der Waals surface area contributed by atoms with E-state index in [1.165, 1.54) is 21.1 Å². The molecule has 0 radical (unpaired) electrons. The number of likely N-dealkylation sites (N-methyl/N-ethyl adjacent to an activating group) is 1. The van der Waals surface area contributed by atoms with Crippen LogP contribution in [0.2, 0.25) is 0 Å². The zero-order valence-corrected chi connectivity index (χ0v) is 37.8. The fraction of sp³-hybridized carbons (Fsp3) is 0.587. The highest BCUT2D eigenvalue weighted by Crippen LogP contribution is 2.68. The normalized spacial score (nSPS) is 36.6. The summed E-state index contributed by atoms with van der Waals surface area (Å²) in [5.74, 6) is -1.57. The number of methoxy groups -OCH3 is 3. The Morgan fingerprint density at radius 2 is 1.73 bits per heavy atom. The van der Waals surface area contributed by atoms with Gasteiger partial charge in [0.25, 0.3) is 0 Å². The summed E-state index contributed by atoms with van der Waals surface area (Å²) in [5, 5.41) is 26.4. The Kier molecular flexibility index (Phi) is 10.0. The molecule has 1 aliphatic carbocycles. The highest BCUT2D eigenvalue weighted by Gasteiger charge is 2.80. The van der Waals surface area contributed by atoms with Crippen LogP contribution in [0.25, 0.3) is 10.9 Å². The Bertz CT molecular complexity index is 2320. The van der Waals surface area contributed by atoms with Crippen molar-refractivity contribution in [2.24, 2.45) is 11.3 Å². The van der Waals surface area contributed by atoms with Crippen molar-refractivity contribution in [1.29, 1.82) is 0 Å². The number of H-pyrrole nitrogens is 1. The van der Waals surface area contributed by atoms with E-state index in [0.29, 0.717) is 82.6 Å². The zero-order valence-electron chi connectivity index (χ0n) is 35.6. The molecule has 6 heterocycles. The number of ether oxygens (including phenoxy) is 4. The average Bonchev–Trinajstić information content (AvgIpc) is 3.89. The summed E-state index contributed by atoms with van der Waals surface area (Å²) in [5.41, 5.74) is -1.64. The first kappa shape index (κ1) is 41.6. The lowest BCUT2D eigenvalue weighted by Crippen LogP contribution is -2.81. The minimum atomic E-state index is -2.30. The van der Waals surface area contributed by atoms with Gasteiger partial charge in [-0.15, -0.1) is 0 Å². The summed E-state index contributed by atoms with van der Waals surface area (Å²) in [6.07, 6.45) is 5.93. The number of hydrogen-bond acceptors (Lipinski definition) is 12. The number of piperidine rings is 1. The van der Waals surface area contributed by atoms with Crippen LogP contribution in [0.1, 0.15) is 75.3 Å². The molecule has 9 rings (SSSR count). The lowest BCUT2D eigenvalue weighted by molar-refractivity contribution is -0.228. The molecule has 2 bridgehead atoms. The first-order valence-electron chi connectivity index (χ1n) is 21.3. The summed E-state index contributed by atoms with van der Waals surface area (Å²) in [6, 6.07) is 9.11. The van der Waals surface area contributed by atoms with Crippen LogP contribution in [0.15, 0.2) is 42.5 Å². The largest absolute Gasteiger partial charge is 0.496 e. The van der Waals surface area contributed by atoms with Crippen molar-refractivity contribution in [3.05, 3.63) is 68.4 Å². The number of anilines is 1. The number of carbonyl (C=O) groups excluding carboxylic acids is 3. The molecule has 322 valence electrons. The summed E-state index contributed by atoms with van der Waals surface area (Å²) in [6.45, 7) is 8.62. The third kappa shape index (κ3) is 5.45. The van der Waals surface area contributed by atoms with Crippen LogP contribution < -0.4 is 9.64 Å². The molecule has 1 aromatic heterocycles. The number of aliphatic hydroxyl groups is 2. The van der Waals surface area contributed by atoms with Crippen molar-refractivity contribution < 1.29 is 43.5 Å². The molecule has 5 aliphatic heterocycles. The van der Waals surface area contributed by atoms with E-state index in [1.807, 2.05) is 31.9 Å². The standard InChI is InChI=1S/C46H57IN4O9/c1-8-42(55)22-27-23-45(40(53)58-6,36-29(13-17-50(24-27)25-42)30-19-28(47)11-12-33(30)48-36)32-20-31-34(21-35(32)57-5)49(4)38-44(31)15-18-51-16-10-14-43(9-2,37(44)51)39(60-26(3)52)46(38,56)41(54)59-7/h10-12,14,19-21,27,37-39,48,55-56H,8-9,13,15-18,22-25H2,1-7H3/t27-,37+,38-,39-,42+,43-,44-,45+,46+/m1/s1. The van der Waals surface area contributed by atoms with Gasteiger partial charge < -0.3 is 39.0 Å². The number of aromatic nitrogens is 1. The summed E-state index contributed by atoms with van der Waals surface area (Å²) < 4.78 is 25.1. The molecule has 3 N–H and O–H groups in total. The van der Waals surface area contributed by atoms with Gasteiger partial charge in [-0.2, -0.15) is 0 Å². The van der Waals surface area contributed by atoms with Crippen LogP contribution >= 0.6 is 22.6 Å². The predicted molar refractivity (Wildman–Crippen MR) is 233 cm³/mol. The molecule has 6 aliphatic rings. The van der Waals surface area contributed by atoms with Gasteiger partial charge in [-0.25, -0.2) is 4.79 Å². The Hall–Kier alpha value is -3.70. The van der Waals surface area contributed by atoms with Crippen LogP contribution in [0.3, 0.4) is 0 Å². The number of esters is 3. The molecule has 10 atom stereocenters. The quantitative estimate of drug-likeness (QED) is 0.132. The number of hydrogen-bond donors (Lipinski definition) is 3. The third-order valence-electron chi connectivity index (χ3n) is 15.7. The second-order valence-corrected chi connectivity index (χ2v) is 19.6. The Morgan fingerprint density at radius 3 is 2.42 bits per heavy atom. The molecule has 2 saturated heterocycles. The SMILES string of the molecule is CC[C@]1(O)C[C@H]2CN(CCc3c([nH]c4ccc(I)cc34)[C@@](C(=O)OC)(c3cc4c(cc3OC)N(C)[C@H]3[C@@](O)(C(=O)OC)[C@H](OC(C)=O)[C@]5(CC)C=CCN6CC[C@]43[C@@H]65)C2)C1. The molecule has 13 nitrogen and oxygen atoms in total. The van der Waals surface area contributed by atoms with Crippen molar-refractivity contribution in [1.82, 2.24) is 14.8 Å². The van der Waals surface area contributed by atoms with Gasteiger partial charge >= 0.3 is 17.9 Å². The molecule has 14 heteroatoms. The van der Waals surface area contributed by atoms with E-state index in [1.54, 1.807) is 7.11 Å². The van der Waals surface area contributed by atoms with Crippen molar-refractivity contribution in [3.63, 3.8) is 0 Å². The number of carbonyl (C=O) groups is 3. The smallest absolute Gasteiger partial charge is 0.344 e. The van der Waals surface area contributed by atoms with Crippen LogP contribution in [0, 0.1) is 14.9 Å². The molecule has 1 saturated carbocycles. The highest BCUT2D eigenvalue weighted by molar-refractivity contribution is 14.1. The second kappa shape index (κ2) is 14.4. The number of benzene rings is 2. The lowest BCUT2D eigenvalue weighted by atomic mass is 9.47. The van der Waals surface area contributed by atoms with Gasteiger partial charge in [-0.1, -0.05) is 26.0 Å². The number of rotatable bonds is 7. The molecule has 0 amide bonds. The first-order valence-corrected chi connectivity index (χ1v) is 22.4. The van der Waals surface area contributed by atoms with Gasteiger partial charge in [-0.05, 0) is 109 Å². The fourth-order valence-electron chi connectivity index (χ4n) is 13.5. The molecule has 60 heavy (non-hydrogen) atoms. The maximum atomic E-state index is 15.4. The van der Waals surface area contributed by atoms with E-state index in [9.17, 15) is 19.8 Å². The number of fused-ring (bicyclic) bond motifs is 6. The molecular weight excluding hydrogens is 879 g/mol.